The van der Waals surface area contributed by atoms with E-state index in [2.05, 4.69) is 17.1 Å². The fraction of sp³-hybridized carbons (Fsp3) is 0.318. The van der Waals surface area contributed by atoms with Gasteiger partial charge in [-0.1, -0.05) is 73.5 Å². The van der Waals surface area contributed by atoms with Gasteiger partial charge in [0.05, 0.1) is 18.0 Å². The van der Waals surface area contributed by atoms with Gasteiger partial charge in [0, 0.05) is 0 Å². The number of halogens is 1. The number of carbonyl (C=O) groups excluding carboxylic acids is 1. The zero-order chi connectivity index (χ0) is 19.9. The summed E-state index contributed by atoms with van der Waals surface area (Å²) < 4.78 is 13.2. The average Bonchev–Trinajstić information content (AvgIpc) is 2.98. The van der Waals surface area contributed by atoms with Crippen molar-refractivity contribution in [2.75, 3.05) is 0 Å². The number of amidine groups is 1. The van der Waals surface area contributed by atoms with Crippen LogP contribution in [0.15, 0.2) is 58.7 Å². The number of nitrogens with zero attached hydrogens (tertiary/aromatic N) is 3. The maximum absolute atomic E-state index is 13.2. The SMILES string of the molecule is CCCCC1S/C(=N/N=C/c2ccc(C)cc2)N(Cc2ccc(F)cc2)C1=O. The monoisotopic (exact) mass is 397 g/mol. The highest BCUT2D eigenvalue weighted by atomic mass is 32.2. The molecule has 1 unspecified atom stereocenters. The first-order chi connectivity index (χ1) is 13.6. The lowest BCUT2D eigenvalue weighted by atomic mass is 10.1. The molecule has 0 aliphatic carbocycles. The van der Waals surface area contributed by atoms with Crippen molar-refractivity contribution in [1.82, 2.24) is 4.90 Å². The van der Waals surface area contributed by atoms with E-state index in [1.165, 1.54) is 29.5 Å². The molecule has 4 nitrogen and oxygen atoms in total. The normalized spacial score (nSPS) is 18.5. The molecule has 1 aliphatic heterocycles. The predicted molar refractivity (Wildman–Crippen MR) is 114 cm³/mol. The number of amides is 1. The summed E-state index contributed by atoms with van der Waals surface area (Å²) in [5.74, 6) is -0.240. The molecule has 0 N–H and O–H groups in total. The fourth-order valence-corrected chi connectivity index (χ4v) is 4.02. The lowest BCUT2D eigenvalue weighted by Gasteiger charge is -2.15. The Morgan fingerprint density at radius 1 is 1.14 bits per heavy atom. The summed E-state index contributed by atoms with van der Waals surface area (Å²) >= 11 is 1.47. The maximum Gasteiger partial charge on any atom is 0.242 e. The van der Waals surface area contributed by atoms with Crippen LogP contribution in [0.25, 0.3) is 0 Å². The van der Waals surface area contributed by atoms with Gasteiger partial charge in [0.1, 0.15) is 5.82 Å². The highest BCUT2D eigenvalue weighted by molar-refractivity contribution is 8.15. The van der Waals surface area contributed by atoms with Gasteiger partial charge in [-0.15, -0.1) is 5.10 Å². The van der Waals surface area contributed by atoms with E-state index in [0.717, 1.165) is 30.4 Å². The Balaban J connectivity index is 1.78. The van der Waals surface area contributed by atoms with E-state index in [1.54, 1.807) is 23.2 Å². The first-order valence-electron chi connectivity index (χ1n) is 9.47. The number of carbonyl (C=O) groups is 1. The molecular weight excluding hydrogens is 373 g/mol. The number of benzene rings is 2. The first-order valence-corrected chi connectivity index (χ1v) is 10.3. The molecule has 1 saturated heterocycles. The lowest BCUT2D eigenvalue weighted by molar-refractivity contribution is -0.126. The van der Waals surface area contributed by atoms with Crippen LogP contribution in [0.2, 0.25) is 0 Å². The molecule has 0 aromatic heterocycles. The van der Waals surface area contributed by atoms with E-state index in [9.17, 15) is 9.18 Å². The van der Waals surface area contributed by atoms with Crippen molar-refractivity contribution in [3.05, 3.63) is 71.0 Å². The van der Waals surface area contributed by atoms with Crippen molar-refractivity contribution in [2.24, 2.45) is 10.2 Å². The summed E-state index contributed by atoms with van der Waals surface area (Å²) in [6.07, 6.45) is 4.54. The summed E-state index contributed by atoms with van der Waals surface area (Å²) in [5.41, 5.74) is 3.00. The van der Waals surface area contributed by atoms with Gasteiger partial charge >= 0.3 is 0 Å². The molecular formula is C22H24FN3OS. The minimum absolute atomic E-state index is 0.0482. The molecule has 146 valence electrons. The summed E-state index contributed by atoms with van der Waals surface area (Å²) in [7, 11) is 0. The van der Waals surface area contributed by atoms with Crippen molar-refractivity contribution in [1.29, 1.82) is 0 Å². The molecule has 0 bridgehead atoms. The number of unbranched alkanes of at least 4 members (excludes halogenated alkanes) is 1. The first kappa shape index (κ1) is 20.3. The molecule has 1 atom stereocenters. The number of aryl methyl sites for hydroxylation is 1. The Morgan fingerprint density at radius 3 is 2.54 bits per heavy atom. The number of hydrogen-bond donors (Lipinski definition) is 0. The summed E-state index contributed by atoms with van der Waals surface area (Å²) in [5, 5.41) is 8.99. The topological polar surface area (TPSA) is 45.0 Å². The largest absolute Gasteiger partial charge is 0.284 e. The third-order valence-corrected chi connectivity index (χ3v) is 5.76. The van der Waals surface area contributed by atoms with Crippen LogP contribution >= 0.6 is 11.8 Å². The van der Waals surface area contributed by atoms with E-state index in [0.29, 0.717) is 11.7 Å². The fourth-order valence-electron chi connectivity index (χ4n) is 2.87. The van der Waals surface area contributed by atoms with Crippen LogP contribution in [0.4, 0.5) is 4.39 Å². The van der Waals surface area contributed by atoms with Gasteiger partial charge in [0.25, 0.3) is 0 Å². The predicted octanol–water partition coefficient (Wildman–Crippen LogP) is 5.16. The molecule has 1 aliphatic rings. The van der Waals surface area contributed by atoms with Crippen LogP contribution in [0.3, 0.4) is 0 Å². The zero-order valence-electron chi connectivity index (χ0n) is 16.1. The van der Waals surface area contributed by atoms with Crippen LogP contribution in [-0.4, -0.2) is 27.4 Å². The molecule has 2 aromatic rings. The van der Waals surface area contributed by atoms with Gasteiger partial charge in [-0.3, -0.25) is 9.69 Å². The molecule has 0 saturated carbocycles. The van der Waals surface area contributed by atoms with Gasteiger partial charge < -0.3 is 0 Å². The molecule has 0 radical (unpaired) electrons. The lowest BCUT2D eigenvalue weighted by Crippen LogP contribution is -2.31. The molecule has 1 fully saturated rings. The third kappa shape index (κ3) is 5.29. The molecule has 1 amide bonds. The number of hydrogen-bond acceptors (Lipinski definition) is 4. The van der Waals surface area contributed by atoms with Crippen molar-refractivity contribution >= 4 is 29.1 Å². The van der Waals surface area contributed by atoms with Crippen LogP contribution in [0, 0.1) is 12.7 Å². The van der Waals surface area contributed by atoms with Gasteiger partial charge in [0.15, 0.2) is 5.17 Å². The Kier molecular flexibility index (Phi) is 6.98. The van der Waals surface area contributed by atoms with Crippen LogP contribution in [-0.2, 0) is 11.3 Å². The number of rotatable bonds is 7. The van der Waals surface area contributed by atoms with Crippen molar-refractivity contribution in [2.45, 2.75) is 44.9 Å². The Morgan fingerprint density at radius 2 is 1.86 bits per heavy atom. The minimum atomic E-state index is -0.289. The second-order valence-corrected chi connectivity index (χ2v) is 8.01. The molecule has 6 heteroatoms. The van der Waals surface area contributed by atoms with Gasteiger partial charge in [-0.2, -0.15) is 5.10 Å². The maximum atomic E-state index is 13.2. The highest BCUT2D eigenvalue weighted by Gasteiger charge is 2.37. The third-order valence-electron chi connectivity index (χ3n) is 4.52. The Hall–Kier alpha value is -2.47. The van der Waals surface area contributed by atoms with E-state index in [4.69, 9.17) is 0 Å². The molecule has 3 rings (SSSR count). The van der Waals surface area contributed by atoms with Crippen LogP contribution in [0.1, 0.15) is 42.9 Å². The van der Waals surface area contributed by atoms with E-state index in [1.807, 2.05) is 31.2 Å². The summed E-state index contributed by atoms with van der Waals surface area (Å²) in [6, 6.07) is 14.2. The second kappa shape index (κ2) is 9.64. The standard InChI is InChI=1S/C22H24FN3OS/c1-3-4-5-20-21(27)26(15-18-10-12-19(23)13-11-18)22(28-20)25-24-14-17-8-6-16(2)7-9-17/h6-14,20H,3-5,15H2,1-2H3/b24-14+,25-22+. The van der Waals surface area contributed by atoms with Gasteiger partial charge in [0.2, 0.25) is 5.91 Å². The second-order valence-electron chi connectivity index (χ2n) is 6.84. The van der Waals surface area contributed by atoms with Crippen molar-refractivity contribution < 1.29 is 9.18 Å². The highest BCUT2D eigenvalue weighted by Crippen LogP contribution is 2.32. The molecule has 2 aromatic carbocycles. The zero-order valence-corrected chi connectivity index (χ0v) is 17.0. The van der Waals surface area contributed by atoms with Crippen molar-refractivity contribution in [3.8, 4) is 0 Å². The Bertz CT molecular complexity index is 862. The van der Waals surface area contributed by atoms with E-state index >= 15 is 0 Å². The van der Waals surface area contributed by atoms with E-state index in [-0.39, 0.29) is 17.0 Å². The van der Waals surface area contributed by atoms with Gasteiger partial charge in [-0.25, -0.2) is 4.39 Å². The molecule has 28 heavy (non-hydrogen) atoms. The Labute approximate surface area is 169 Å². The smallest absolute Gasteiger partial charge is 0.242 e. The van der Waals surface area contributed by atoms with Crippen LogP contribution in [0.5, 0.6) is 0 Å². The molecule has 1 heterocycles. The quantitative estimate of drug-likeness (QED) is 0.479. The van der Waals surface area contributed by atoms with E-state index < -0.39 is 0 Å². The minimum Gasteiger partial charge on any atom is -0.284 e. The summed E-state index contributed by atoms with van der Waals surface area (Å²) in [4.78, 5) is 14.5. The summed E-state index contributed by atoms with van der Waals surface area (Å²) in [6.45, 7) is 4.51. The average molecular weight is 398 g/mol. The van der Waals surface area contributed by atoms with Crippen LogP contribution < -0.4 is 0 Å². The van der Waals surface area contributed by atoms with Crippen molar-refractivity contribution in [3.63, 3.8) is 0 Å². The van der Waals surface area contributed by atoms with Gasteiger partial charge in [-0.05, 0) is 36.6 Å². The molecule has 0 spiro atoms. The number of thioether (sulfide) groups is 1.